The van der Waals surface area contributed by atoms with E-state index in [9.17, 15) is 63.7 Å². The molecule has 0 aromatic heterocycles. The third-order valence-electron chi connectivity index (χ3n) is 10.8. The van der Waals surface area contributed by atoms with E-state index in [0.29, 0.717) is 56.9 Å². The number of aliphatic hydroxyl groups is 10. The smallest absolute Gasteiger partial charge is 0.397 e. The molecule has 1 fully saturated rings. The van der Waals surface area contributed by atoms with Crippen LogP contribution < -0.4 is 0 Å². The van der Waals surface area contributed by atoms with Crippen molar-refractivity contribution in [2.24, 2.45) is 5.92 Å². The fraction of sp³-hybridized carbons (Fsp3) is 0.786. The van der Waals surface area contributed by atoms with Gasteiger partial charge in [0.25, 0.3) is 0 Å². The lowest BCUT2D eigenvalue weighted by molar-refractivity contribution is -0.228. The van der Waals surface area contributed by atoms with Gasteiger partial charge in [-0.25, -0.2) is 8.98 Å². The fourth-order valence-electron chi connectivity index (χ4n) is 7.67. The molecule has 0 bridgehead atoms. The quantitative estimate of drug-likeness (QED) is 0.0529. The van der Waals surface area contributed by atoms with Gasteiger partial charge in [-0.2, -0.15) is 8.42 Å². The SMILES string of the molecule is C=C(CC(C)=CC(O)CC(C)CC1CCC=CCCCC(O)CCCCC(O)C(O)C=CC(=O)O1)CC(O)C(O)CC1OC(CC(O)CCO)C(OS(=O)(=O)O)C(O)C1O. The summed E-state index contributed by atoms with van der Waals surface area (Å²) in [7, 11) is -5.12. The molecule has 0 saturated carbocycles. The Morgan fingerprint density at radius 2 is 1.58 bits per heavy atom. The third-order valence-corrected chi connectivity index (χ3v) is 11.3. The molecule has 14 atom stereocenters. The van der Waals surface area contributed by atoms with E-state index < -0.39 is 109 Å². The zero-order valence-electron chi connectivity index (χ0n) is 35.0. The second-order valence-electron chi connectivity index (χ2n) is 16.6. The lowest BCUT2D eigenvalue weighted by atomic mass is 9.88. The maximum Gasteiger partial charge on any atom is 0.397 e. The molecule has 60 heavy (non-hydrogen) atoms. The van der Waals surface area contributed by atoms with Gasteiger partial charge in [-0.15, -0.1) is 0 Å². The van der Waals surface area contributed by atoms with Gasteiger partial charge in [0.2, 0.25) is 0 Å². The summed E-state index contributed by atoms with van der Waals surface area (Å²) in [5, 5.41) is 104. The number of allylic oxidation sites excluding steroid dienone is 3. The summed E-state index contributed by atoms with van der Waals surface area (Å²) < 4.78 is 47.9. The topological polar surface area (TPSA) is 301 Å². The Hall–Kier alpha value is -2.14. The van der Waals surface area contributed by atoms with Crippen LogP contribution in [0.15, 0.2) is 48.1 Å². The summed E-state index contributed by atoms with van der Waals surface area (Å²) in [5.41, 5.74) is 1.23. The highest BCUT2D eigenvalue weighted by molar-refractivity contribution is 7.80. The normalized spacial score (nSPS) is 31.2. The lowest BCUT2D eigenvalue weighted by Gasteiger charge is -2.43. The van der Waals surface area contributed by atoms with Gasteiger partial charge in [-0.3, -0.25) is 4.55 Å². The van der Waals surface area contributed by atoms with Gasteiger partial charge in [0.1, 0.15) is 24.4 Å². The van der Waals surface area contributed by atoms with Crippen molar-refractivity contribution in [1.29, 1.82) is 0 Å². The molecule has 0 aromatic carbocycles. The zero-order valence-corrected chi connectivity index (χ0v) is 35.8. The number of hydrogen-bond donors (Lipinski definition) is 11. The van der Waals surface area contributed by atoms with E-state index in [1.807, 2.05) is 13.0 Å². The predicted molar refractivity (Wildman–Crippen MR) is 220 cm³/mol. The van der Waals surface area contributed by atoms with Crippen LogP contribution in [-0.2, 0) is 28.9 Å². The first kappa shape index (κ1) is 54.0. The van der Waals surface area contributed by atoms with Gasteiger partial charge < -0.3 is 60.5 Å². The first-order valence-corrected chi connectivity index (χ1v) is 22.5. The summed E-state index contributed by atoms with van der Waals surface area (Å²) in [6.45, 7) is 7.26. The third kappa shape index (κ3) is 21.8. The molecular weight excluding hydrogens is 809 g/mol. The Balaban J connectivity index is 1.96. The first-order chi connectivity index (χ1) is 28.2. The van der Waals surface area contributed by atoms with Crippen LogP contribution in [0, 0.1) is 5.92 Å². The van der Waals surface area contributed by atoms with Gasteiger partial charge >= 0.3 is 16.4 Å². The van der Waals surface area contributed by atoms with Crippen LogP contribution in [0.5, 0.6) is 0 Å². The molecule has 2 heterocycles. The summed E-state index contributed by atoms with van der Waals surface area (Å²) in [6.07, 6.45) is -2.70. The molecule has 0 aromatic rings. The van der Waals surface area contributed by atoms with Crippen LogP contribution in [0.1, 0.15) is 117 Å². The van der Waals surface area contributed by atoms with Gasteiger partial charge in [0.05, 0.1) is 54.9 Å². The van der Waals surface area contributed by atoms with E-state index in [1.165, 1.54) is 6.08 Å². The zero-order chi connectivity index (χ0) is 45.0. The Bertz CT molecular complexity index is 1450. The minimum atomic E-state index is -5.12. The van der Waals surface area contributed by atoms with Crippen LogP contribution >= 0.6 is 0 Å². The molecule has 0 radical (unpaired) electrons. The number of aliphatic hydroxyl groups excluding tert-OH is 10. The molecule has 18 heteroatoms. The highest BCUT2D eigenvalue weighted by Crippen LogP contribution is 2.31. The maximum atomic E-state index is 12.7. The molecule has 14 unspecified atom stereocenters. The summed E-state index contributed by atoms with van der Waals surface area (Å²) in [5.74, 6) is -0.739. The second kappa shape index (κ2) is 27.8. The number of esters is 1. The molecule has 348 valence electrons. The Morgan fingerprint density at radius 1 is 0.917 bits per heavy atom. The van der Waals surface area contributed by atoms with Crippen molar-refractivity contribution < 1.29 is 82.5 Å². The number of carbonyl (C=O) groups excluding carboxylic acids is 1. The molecule has 0 amide bonds. The van der Waals surface area contributed by atoms with E-state index in [1.54, 1.807) is 13.0 Å². The molecule has 0 aliphatic carbocycles. The van der Waals surface area contributed by atoms with Crippen LogP contribution in [0.3, 0.4) is 0 Å². The summed E-state index contributed by atoms with van der Waals surface area (Å²) in [4.78, 5) is 12.7. The second-order valence-corrected chi connectivity index (χ2v) is 17.7. The summed E-state index contributed by atoms with van der Waals surface area (Å²) in [6, 6.07) is 0. The van der Waals surface area contributed by atoms with Crippen molar-refractivity contribution in [3.63, 3.8) is 0 Å². The van der Waals surface area contributed by atoms with E-state index in [0.717, 1.165) is 30.9 Å². The van der Waals surface area contributed by atoms with Gasteiger partial charge in [-0.1, -0.05) is 55.7 Å². The Morgan fingerprint density at radius 3 is 2.27 bits per heavy atom. The molecule has 2 aliphatic heterocycles. The van der Waals surface area contributed by atoms with Crippen LogP contribution in [0.4, 0.5) is 0 Å². The molecule has 2 aliphatic rings. The van der Waals surface area contributed by atoms with Crippen LogP contribution in [0.2, 0.25) is 0 Å². The van der Waals surface area contributed by atoms with Crippen LogP contribution in [0.25, 0.3) is 0 Å². The van der Waals surface area contributed by atoms with Crippen molar-refractivity contribution in [2.45, 2.75) is 196 Å². The van der Waals surface area contributed by atoms with Crippen molar-refractivity contribution in [1.82, 2.24) is 0 Å². The van der Waals surface area contributed by atoms with Crippen molar-refractivity contribution in [2.75, 3.05) is 6.61 Å². The minimum absolute atomic E-state index is 0.0891. The maximum absolute atomic E-state index is 12.7. The van der Waals surface area contributed by atoms with Crippen LogP contribution in [-0.4, -0.2) is 156 Å². The molecule has 0 spiro atoms. The largest absolute Gasteiger partial charge is 0.459 e. The molecule has 1 saturated heterocycles. The van der Waals surface area contributed by atoms with Gasteiger partial charge in [0.15, 0.2) is 0 Å². The number of ether oxygens (including phenoxy) is 2. The van der Waals surface area contributed by atoms with Gasteiger partial charge in [0, 0.05) is 25.5 Å². The van der Waals surface area contributed by atoms with E-state index in [4.69, 9.17) is 14.6 Å². The minimum Gasteiger partial charge on any atom is -0.459 e. The Kier molecular flexibility index (Phi) is 25.0. The predicted octanol–water partition coefficient (Wildman–Crippen LogP) is 1.60. The standard InChI is InChI=1S/C42H72O17S/c1-26(19-27(2)23-35(49)36(50)25-37-40(52)41(53)42(59-60(54,55)56)38(58-37)24-30(45)17-18-43)20-31(46)21-28(3)22-32-13-8-6-4-5-7-11-29(44)12-9-10-14-33(47)34(48)15-16-39(51)57-32/h4,6,15-16,20,28-38,40-50,52-53H,2,5,7-14,17-19,21-25H2,1,3H3,(H,54,55,56). The van der Waals surface area contributed by atoms with Crippen molar-refractivity contribution in [3.05, 3.63) is 48.1 Å². The summed E-state index contributed by atoms with van der Waals surface area (Å²) >= 11 is 0. The first-order valence-electron chi connectivity index (χ1n) is 21.1. The van der Waals surface area contributed by atoms with Crippen molar-refractivity contribution in [3.8, 4) is 0 Å². The molecule has 17 nitrogen and oxygen atoms in total. The Labute approximate surface area is 354 Å². The number of rotatable bonds is 18. The molecule has 11 N–H and O–H groups in total. The highest BCUT2D eigenvalue weighted by Gasteiger charge is 2.48. The number of carbonyl (C=O) groups is 1. The lowest BCUT2D eigenvalue weighted by Crippen LogP contribution is -2.60. The van der Waals surface area contributed by atoms with E-state index in [-0.39, 0.29) is 31.6 Å². The number of cyclic esters (lactones) is 1. The fourth-order valence-corrected chi connectivity index (χ4v) is 8.19. The number of hydrogen-bond acceptors (Lipinski definition) is 16. The molecular formula is C42H72O17S. The average molecular weight is 881 g/mol. The monoisotopic (exact) mass is 880 g/mol. The molecule has 2 rings (SSSR count). The van der Waals surface area contributed by atoms with E-state index in [2.05, 4.69) is 16.8 Å². The van der Waals surface area contributed by atoms with E-state index >= 15 is 0 Å². The highest BCUT2D eigenvalue weighted by atomic mass is 32.3. The van der Waals surface area contributed by atoms with Gasteiger partial charge in [-0.05, 0) is 96.0 Å². The van der Waals surface area contributed by atoms with Crippen molar-refractivity contribution >= 4 is 16.4 Å². The average Bonchev–Trinajstić information content (AvgIpc) is 3.14.